The second kappa shape index (κ2) is 8.21. The Morgan fingerprint density at radius 3 is 2.85 bits per heavy atom. The Morgan fingerprint density at radius 1 is 1.69 bits per heavy atom. The largest absolute Gasteiger partial charge is 0.466 e. The maximum atomic E-state index is 11.0. The van der Waals surface area contributed by atoms with Gasteiger partial charge in [0.25, 0.3) is 0 Å². The predicted octanol–water partition coefficient (Wildman–Crippen LogP) is 1.30. The summed E-state index contributed by atoms with van der Waals surface area (Å²) in [4.78, 5) is 11.0. The number of ether oxygens (including phenoxy) is 1. The zero-order valence-corrected chi connectivity index (χ0v) is 9.43. The van der Waals surface area contributed by atoms with E-state index in [-0.39, 0.29) is 5.97 Å². The number of hydrogen-bond acceptors (Lipinski definition) is 3. The molecule has 3 nitrogen and oxygen atoms in total. The van der Waals surface area contributed by atoms with E-state index in [1.165, 1.54) is 8.20 Å². The lowest BCUT2D eigenvalue weighted by molar-refractivity contribution is -0.143. The fourth-order valence-electron chi connectivity index (χ4n) is 0.980. The topological polar surface area (TPSA) is 38.3 Å². The Kier molecular flexibility index (Phi) is 7.96. The van der Waals surface area contributed by atoms with Gasteiger partial charge in [-0.25, -0.2) is 0 Å². The standard InChI is InChI=1S/C9H18NO2P/c1-4-12-9(11)6-5-8(10-2)7-13-3/h7-8,10H,4-6H2,1-3H3. The molecule has 0 aromatic rings. The van der Waals surface area contributed by atoms with Crippen molar-refractivity contribution in [3.63, 3.8) is 0 Å². The van der Waals surface area contributed by atoms with E-state index in [2.05, 4.69) is 17.8 Å². The first-order chi connectivity index (χ1) is 6.24. The highest BCUT2D eigenvalue weighted by molar-refractivity contribution is 7.37. The van der Waals surface area contributed by atoms with Gasteiger partial charge in [-0.05, 0) is 32.9 Å². The van der Waals surface area contributed by atoms with Gasteiger partial charge in [0.1, 0.15) is 0 Å². The molecule has 0 aliphatic rings. The van der Waals surface area contributed by atoms with E-state index in [0.29, 0.717) is 19.1 Å². The molecular weight excluding hydrogens is 185 g/mol. The second-order valence-electron chi connectivity index (χ2n) is 2.65. The molecule has 1 atom stereocenters. The van der Waals surface area contributed by atoms with Gasteiger partial charge < -0.3 is 10.1 Å². The van der Waals surface area contributed by atoms with Crippen molar-refractivity contribution in [2.75, 3.05) is 20.3 Å². The van der Waals surface area contributed by atoms with E-state index in [9.17, 15) is 4.79 Å². The van der Waals surface area contributed by atoms with Crippen molar-refractivity contribution >= 4 is 20.0 Å². The smallest absolute Gasteiger partial charge is 0.305 e. The van der Waals surface area contributed by atoms with Crippen molar-refractivity contribution in [3.05, 3.63) is 0 Å². The molecule has 1 unspecified atom stereocenters. The summed E-state index contributed by atoms with van der Waals surface area (Å²) < 4.78 is 4.83. The Morgan fingerprint density at radius 2 is 2.38 bits per heavy atom. The Labute approximate surface area is 81.7 Å². The molecule has 0 amide bonds. The number of carbonyl (C=O) groups excluding carboxylic acids is 1. The quantitative estimate of drug-likeness (QED) is 0.522. The SMILES string of the molecule is CCOC(=O)CCC(/C=P\C)NC. The third kappa shape index (κ3) is 6.73. The van der Waals surface area contributed by atoms with Crippen LogP contribution in [0.3, 0.4) is 0 Å². The third-order valence-corrected chi connectivity index (χ3v) is 2.32. The highest BCUT2D eigenvalue weighted by Gasteiger charge is 2.06. The van der Waals surface area contributed by atoms with Crippen LogP contribution < -0.4 is 5.32 Å². The van der Waals surface area contributed by atoms with Crippen LogP contribution in [0.25, 0.3) is 0 Å². The molecule has 0 saturated carbocycles. The summed E-state index contributed by atoms with van der Waals surface area (Å²) in [5.41, 5.74) is 0. The van der Waals surface area contributed by atoms with Gasteiger partial charge in [0.05, 0.1) is 6.61 Å². The van der Waals surface area contributed by atoms with Crippen LogP contribution in [0.2, 0.25) is 0 Å². The molecule has 0 fully saturated rings. The second-order valence-corrected chi connectivity index (χ2v) is 3.46. The molecule has 0 rings (SSSR count). The molecule has 1 N–H and O–H groups in total. The molecule has 0 aliphatic carbocycles. The normalized spacial score (nSPS) is 13.2. The van der Waals surface area contributed by atoms with Crippen LogP contribution in [0.15, 0.2) is 0 Å². The lowest BCUT2D eigenvalue weighted by Crippen LogP contribution is -2.26. The zero-order chi connectivity index (χ0) is 10.1. The maximum absolute atomic E-state index is 11.0. The average molecular weight is 203 g/mol. The molecule has 0 aromatic carbocycles. The summed E-state index contributed by atoms with van der Waals surface area (Å²) in [6.07, 6.45) is 1.31. The zero-order valence-electron chi connectivity index (χ0n) is 8.54. The molecule has 0 bridgehead atoms. The van der Waals surface area contributed by atoms with Crippen LogP contribution in [0.4, 0.5) is 0 Å². The number of hydrogen-bond donors (Lipinski definition) is 1. The summed E-state index contributed by atoms with van der Waals surface area (Å²) in [5.74, 6) is 2.03. The van der Waals surface area contributed by atoms with Crippen LogP contribution in [0, 0.1) is 0 Å². The Hall–Kier alpha value is -0.400. The number of rotatable bonds is 6. The first-order valence-electron chi connectivity index (χ1n) is 4.49. The van der Waals surface area contributed by atoms with Crippen LogP contribution in [0.1, 0.15) is 19.8 Å². The summed E-state index contributed by atoms with van der Waals surface area (Å²) in [6, 6.07) is 0.316. The molecule has 13 heavy (non-hydrogen) atoms. The van der Waals surface area contributed by atoms with Gasteiger partial charge in [-0.1, -0.05) is 0 Å². The molecule has 0 saturated heterocycles. The van der Waals surface area contributed by atoms with E-state index in [0.717, 1.165) is 6.42 Å². The molecule has 76 valence electrons. The monoisotopic (exact) mass is 203 g/mol. The van der Waals surface area contributed by atoms with Gasteiger partial charge in [-0.2, -0.15) is 0 Å². The van der Waals surface area contributed by atoms with E-state index >= 15 is 0 Å². The predicted molar refractivity (Wildman–Crippen MR) is 57.6 cm³/mol. The van der Waals surface area contributed by atoms with Gasteiger partial charge in [0, 0.05) is 12.5 Å². The highest BCUT2D eigenvalue weighted by Crippen LogP contribution is 1.99. The molecule has 0 heterocycles. The van der Waals surface area contributed by atoms with Crippen molar-refractivity contribution in [1.82, 2.24) is 5.32 Å². The van der Waals surface area contributed by atoms with Crippen LogP contribution in [-0.2, 0) is 9.53 Å². The first-order valence-corrected chi connectivity index (χ1v) is 5.90. The fourth-order valence-corrected chi connectivity index (χ4v) is 1.64. The van der Waals surface area contributed by atoms with Gasteiger partial charge in [0.15, 0.2) is 0 Å². The van der Waals surface area contributed by atoms with Crippen LogP contribution in [0.5, 0.6) is 0 Å². The number of esters is 1. The third-order valence-electron chi connectivity index (χ3n) is 1.66. The molecule has 0 spiro atoms. The molecule has 0 radical (unpaired) electrons. The van der Waals surface area contributed by atoms with Crippen molar-refractivity contribution in [2.24, 2.45) is 0 Å². The molecule has 4 heteroatoms. The van der Waals surface area contributed by atoms with Crippen LogP contribution >= 0.6 is 8.20 Å². The van der Waals surface area contributed by atoms with E-state index in [1.807, 2.05) is 14.0 Å². The number of nitrogens with one attached hydrogen (secondary N) is 1. The molecular formula is C9H18NO2P. The lowest BCUT2D eigenvalue weighted by Gasteiger charge is -2.09. The van der Waals surface area contributed by atoms with Gasteiger partial charge in [0.2, 0.25) is 0 Å². The summed E-state index contributed by atoms with van der Waals surface area (Å²) in [6.45, 7) is 4.36. The van der Waals surface area contributed by atoms with Gasteiger partial charge >= 0.3 is 5.97 Å². The summed E-state index contributed by atoms with van der Waals surface area (Å²) >= 11 is 0. The lowest BCUT2D eigenvalue weighted by atomic mass is 10.2. The first kappa shape index (κ1) is 12.6. The van der Waals surface area contributed by atoms with Crippen molar-refractivity contribution in [2.45, 2.75) is 25.8 Å². The van der Waals surface area contributed by atoms with Crippen molar-refractivity contribution in [1.29, 1.82) is 0 Å². The average Bonchev–Trinajstić information content (AvgIpc) is 2.12. The van der Waals surface area contributed by atoms with Gasteiger partial charge in [-0.15, -0.1) is 8.20 Å². The van der Waals surface area contributed by atoms with E-state index < -0.39 is 0 Å². The molecule has 0 aromatic heterocycles. The van der Waals surface area contributed by atoms with Gasteiger partial charge in [-0.3, -0.25) is 4.79 Å². The number of carbonyl (C=O) groups is 1. The summed E-state index contributed by atoms with van der Waals surface area (Å²) in [5, 5.41) is 3.13. The Bertz CT molecular complexity index is 171. The van der Waals surface area contributed by atoms with Crippen LogP contribution in [-0.4, -0.2) is 38.1 Å². The maximum Gasteiger partial charge on any atom is 0.305 e. The van der Waals surface area contributed by atoms with Crippen molar-refractivity contribution < 1.29 is 9.53 Å². The minimum absolute atomic E-state index is 0.107. The molecule has 0 aliphatic heterocycles. The Balaban J connectivity index is 3.65. The van der Waals surface area contributed by atoms with Crippen molar-refractivity contribution in [3.8, 4) is 0 Å². The fraction of sp³-hybridized carbons (Fsp3) is 0.778. The summed E-state index contributed by atoms with van der Waals surface area (Å²) in [7, 11) is 3.13. The minimum atomic E-state index is -0.107. The van der Waals surface area contributed by atoms with E-state index in [4.69, 9.17) is 4.74 Å². The highest BCUT2D eigenvalue weighted by atomic mass is 31.1. The minimum Gasteiger partial charge on any atom is -0.466 e. The van der Waals surface area contributed by atoms with E-state index in [1.54, 1.807) is 0 Å².